The molecule has 0 unspecified atom stereocenters. The lowest BCUT2D eigenvalue weighted by Gasteiger charge is -2.09. The minimum Gasteiger partial charge on any atom is -0.505 e. The largest absolute Gasteiger partial charge is 0.505 e. The van der Waals surface area contributed by atoms with Gasteiger partial charge in [-0.2, -0.15) is 0 Å². The van der Waals surface area contributed by atoms with Crippen molar-refractivity contribution in [3.8, 4) is 11.5 Å². The van der Waals surface area contributed by atoms with E-state index in [9.17, 15) is 38.5 Å². The Hall–Kier alpha value is -3.68. The summed E-state index contributed by atoms with van der Waals surface area (Å²) in [5.74, 6) is -2.48. The highest BCUT2D eigenvalue weighted by atomic mass is 31.2. The number of nitrogens with zero attached hydrogens (tertiary/aromatic N) is 2. The zero-order valence-corrected chi connectivity index (χ0v) is 25.0. The summed E-state index contributed by atoms with van der Waals surface area (Å²) >= 11 is 0. The first kappa shape index (κ1) is 40.3. The summed E-state index contributed by atoms with van der Waals surface area (Å²) in [6, 6.07) is 0. The number of nitrogens with one attached hydrogen (secondary N) is 2. The van der Waals surface area contributed by atoms with Gasteiger partial charge < -0.3 is 50.6 Å². The zero-order chi connectivity index (χ0) is 34.1. The van der Waals surface area contributed by atoms with Gasteiger partial charge >= 0.3 is 27.6 Å². The Bertz CT molecular complexity index is 1270. The summed E-state index contributed by atoms with van der Waals surface area (Å²) in [6.07, 6.45) is 3.19. The Morgan fingerprint density at radius 3 is 1.32 bits per heavy atom. The fourth-order valence-corrected chi connectivity index (χ4v) is 3.29. The quantitative estimate of drug-likeness (QED) is 0.0640. The van der Waals surface area contributed by atoms with Crippen molar-refractivity contribution in [2.24, 2.45) is 0 Å². The molecule has 0 amide bonds. The predicted octanol–water partition coefficient (Wildman–Crippen LogP) is -0.630. The van der Waals surface area contributed by atoms with Crippen LogP contribution in [0.25, 0.3) is 0 Å². The van der Waals surface area contributed by atoms with E-state index in [1.54, 1.807) is 0 Å². The van der Waals surface area contributed by atoms with Crippen LogP contribution in [0.15, 0.2) is 12.4 Å². The van der Waals surface area contributed by atoms with E-state index < -0.39 is 40.8 Å². The number of pyridine rings is 2. The summed E-state index contributed by atoms with van der Waals surface area (Å²) in [7, 11) is -9.23. The van der Waals surface area contributed by atoms with Gasteiger partial charge in [0, 0.05) is 36.6 Å². The highest BCUT2D eigenvalue weighted by molar-refractivity contribution is 7.46. The average Bonchev–Trinajstić information content (AvgIpc) is 2.91. The molecule has 0 aliphatic carbocycles. The second kappa shape index (κ2) is 19.6. The van der Waals surface area contributed by atoms with Crippen LogP contribution in [0.2, 0.25) is 0 Å². The number of phosphoric ester groups is 2. The molecule has 0 saturated heterocycles. The van der Waals surface area contributed by atoms with Gasteiger partial charge in [-0.3, -0.25) is 38.2 Å². The van der Waals surface area contributed by atoms with Crippen LogP contribution in [0, 0.1) is 13.8 Å². The molecule has 0 bridgehead atoms. The second-order valence-corrected chi connectivity index (χ2v) is 10.6. The number of aldehydes is 2. The molecule has 44 heavy (non-hydrogen) atoms. The maximum absolute atomic E-state index is 10.7. The van der Waals surface area contributed by atoms with Gasteiger partial charge in [0.25, 0.3) is 0 Å². The van der Waals surface area contributed by atoms with Crippen molar-refractivity contribution in [3.63, 3.8) is 0 Å². The fraction of sp³-hybridized carbons (Fsp3) is 0.364. The number of carbonyl (C=O) groups excluding carboxylic acids is 2. The van der Waals surface area contributed by atoms with Gasteiger partial charge in [0.15, 0.2) is 12.6 Å². The van der Waals surface area contributed by atoms with Gasteiger partial charge in [0.2, 0.25) is 0 Å². The highest BCUT2D eigenvalue weighted by Crippen LogP contribution is 2.38. The van der Waals surface area contributed by atoms with Gasteiger partial charge in [0.05, 0.1) is 48.8 Å². The number of rotatable bonds is 15. The minimum atomic E-state index is -4.61. The third kappa shape index (κ3) is 17.4. The maximum Gasteiger partial charge on any atom is 0.469 e. The molecule has 0 fully saturated rings. The van der Waals surface area contributed by atoms with E-state index >= 15 is 0 Å². The van der Waals surface area contributed by atoms with Crippen LogP contribution < -0.4 is 10.6 Å². The van der Waals surface area contributed by atoms with Crippen LogP contribution in [-0.4, -0.2) is 101 Å². The monoisotopic (exact) mass is 670 g/mol. The first-order valence-corrected chi connectivity index (χ1v) is 14.9. The molecule has 2 aromatic rings. The smallest absolute Gasteiger partial charge is 0.469 e. The molecule has 10 N–H and O–H groups in total. The number of aliphatic carboxylic acids is 2. The lowest BCUT2D eigenvalue weighted by atomic mass is 10.1. The Balaban J connectivity index is 0.000000639. The molecule has 246 valence electrons. The Morgan fingerprint density at radius 1 is 0.750 bits per heavy atom. The molecule has 0 spiro atoms. The van der Waals surface area contributed by atoms with E-state index in [4.69, 9.17) is 29.8 Å². The minimum absolute atomic E-state index is 0.0825. The second-order valence-electron chi connectivity index (χ2n) is 8.17. The molecule has 20 nitrogen and oxygen atoms in total. The number of carboxylic acid groups (broad SMARTS) is 2. The average molecular weight is 670 g/mol. The van der Waals surface area contributed by atoms with Crippen molar-refractivity contribution in [1.82, 2.24) is 20.6 Å². The highest BCUT2D eigenvalue weighted by Gasteiger charge is 2.18. The number of aryl methyl sites for hydroxylation is 2. The van der Waals surface area contributed by atoms with Crippen molar-refractivity contribution in [3.05, 3.63) is 46.0 Å². The molecular weight excluding hydrogens is 638 g/mol. The number of phosphoric acid groups is 2. The van der Waals surface area contributed by atoms with Gasteiger partial charge in [-0.25, -0.2) is 9.13 Å². The van der Waals surface area contributed by atoms with Gasteiger partial charge in [-0.05, 0) is 13.8 Å². The summed E-state index contributed by atoms with van der Waals surface area (Å²) < 4.78 is 29.3. The SMILES string of the molecule is Cc1ncc(COP(=O)(O)O)c(C=O)c1O.Cc1ncc(COP(=O)(O)O)c(C=O)c1O.O=C(O)CNCCNCC(=O)O. The number of aromatic nitrogens is 2. The number of aromatic hydroxyl groups is 2. The van der Waals surface area contributed by atoms with E-state index in [1.807, 2.05) is 0 Å². The third-order valence-electron chi connectivity index (χ3n) is 4.76. The van der Waals surface area contributed by atoms with Crippen LogP contribution in [0.5, 0.6) is 11.5 Å². The van der Waals surface area contributed by atoms with Crippen LogP contribution in [0.4, 0.5) is 0 Å². The van der Waals surface area contributed by atoms with Gasteiger partial charge in [-0.15, -0.1) is 0 Å². The molecule has 0 radical (unpaired) electrons. The summed E-state index contributed by atoms with van der Waals surface area (Å²) in [5, 5.41) is 40.5. The number of hydrogen-bond donors (Lipinski definition) is 10. The van der Waals surface area contributed by atoms with E-state index in [1.165, 1.54) is 26.2 Å². The van der Waals surface area contributed by atoms with Crippen LogP contribution in [-0.2, 0) is 41.0 Å². The molecule has 2 heterocycles. The topological polar surface area (TPSA) is 333 Å². The number of hydrogen-bond acceptors (Lipinski definition) is 14. The van der Waals surface area contributed by atoms with Crippen LogP contribution in [0.1, 0.15) is 43.2 Å². The van der Waals surface area contributed by atoms with Crippen LogP contribution in [0.3, 0.4) is 0 Å². The molecule has 0 aliphatic heterocycles. The standard InChI is InChI=1S/2C8H10NO6P.C6H12N2O4/c2*1-5-8(11)7(3-10)6(2-9-5)4-15-16(12,13)14;9-5(10)3-7-1-2-8-4-6(11)12/h2*2-3,11H,4H2,1H3,(H2,12,13,14);7-8H,1-4H2,(H,9,10)(H,11,12). The summed E-state index contributed by atoms with van der Waals surface area (Å²) in [4.78, 5) is 82.7. The van der Waals surface area contributed by atoms with E-state index in [0.29, 0.717) is 25.7 Å². The molecule has 0 saturated carbocycles. The zero-order valence-electron chi connectivity index (χ0n) is 23.2. The van der Waals surface area contributed by atoms with Crippen LogP contribution >= 0.6 is 15.6 Å². The first-order valence-electron chi connectivity index (χ1n) is 11.8. The van der Waals surface area contributed by atoms with Crippen molar-refractivity contribution in [2.75, 3.05) is 26.2 Å². The molecule has 2 rings (SSSR count). The van der Waals surface area contributed by atoms with E-state index in [0.717, 1.165) is 0 Å². The molecule has 0 atom stereocenters. The first-order chi connectivity index (χ1) is 20.3. The van der Waals surface area contributed by atoms with Crippen molar-refractivity contribution in [1.29, 1.82) is 0 Å². The lowest BCUT2D eigenvalue weighted by molar-refractivity contribution is -0.137. The lowest BCUT2D eigenvalue weighted by Crippen LogP contribution is -2.33. The third-order valence-corrected chi connectivity index (χ3v) is 5.69. The van der Waals surface area contributed by atoms with Gasteiger partial charge in [-0.1, -0.05) is 0 Å². The fourth-order valence-electron chi connectivity index (χ4n) is 2.67. The van der Waals surface area contributed by atoms with Crippen molar-refractivity contribution in [2.45, 2.75) is 27.1 Å². The van der Waals surface area contributed by atoms with E-state index in [-0.39, 0.29) is 58.2 Å². The molecule has 0 aromatic carbocycles. The van der Waals surface area contributed by atoms with E-state index in [2.05, 4.69) is 29.6 Å². The Kier molecular flexibility index (Phi) is 17.9. The summed E-state index contributed by atoms with van der Waals surface area (Å²) in [6.45, 7) is 2.67. The normalized spacial score (nSPS) is 11.0. The number of carboxylic acids is 2. The molecule has 22 heteroatoms. The number of carbonyl (C=O) groups is 4. The maximum atomic E-state index is 10.7. The molecule has 0 aliphatic rings. The van der Waals surface area contributed by atoms with Gasteiger partial charge in [0.1, 0.15) is 11.5 Å². The predicted molar refractivity (Wildman–Crippen MR) is 147 cm³/mol. The summed E-state index contributed by atoms with van der Waals surface area (Å²) in [5.41, 5.74) is 0.564. The molecule has 2 aromatic heterocycles. The Labute approximate surface area is 249 Å². The molecular formula is C22H32N4O16P2. The Morgan fingerprint density at radius 2 is 1.07 bits per heavy atom. The van der Waals surface area contributed by atoms with Crippen molar-refractivity contribution >= 4 is 40.2 Å². The van der Waals surface area contributed by atoms with Crippen molar-refractivity contribution < 1.29 is 77.4 Å².